The molecule has 0 saturated heterocycles. The molecule has 1 aliphatic rings. The van der Waals surface area contributed by atoms with Crippen molar-refractivity contribution in [3.63, 3.8) is 0 Å². The first-order chi connectivity index (χ1) is 16.0. The van der Waals surface area contributed by atoms with E-state index in [1.54, 1.807) is 48.5 Å². The molecular formula is C28H26Cl2O2S. The Labute approximate surface area is 209 Å². The van der Waals surface area contributed by atoms with E-state index < -0.39 is 0 Å². The first kappa shape index (κ1) is 24.1. The van der Waals surface area contributed by atoms with Crippen LogP contribution in [0.15, 0.2) is 78.9 Å². The lowest BCUT2D eigenvalue weighted by Gasteiger charge is -2.37. The monoisotopic (exact) mass is 496 g/mol. The third-order valence-corrected chi connectivity index (χ3v) is 8.29. The Morgan fingerprint density at radius 2 is 1.39 bits per heavy atom. The van der Waals surface area contributed by atoms with Gasteiger partial charge in [0, 0.05) is 44.5 Å². The zero-order valence-electron chi connectivity index (χ0n) is 18.3. The third kappa shape index (κ3) is 6.29. The smallest absolute Gasteiger partial charge is 0.167 e. The van der Waals surface area contributed by atoms with Gasteiger partial charge < -0.3 is 0 Å². The molecule has 5 heteroatoms. The highest BCUT2D eigenvalue weighted by molar-refractivity contribution is 7.99. The van der Waals surface area contributed by atoms with Crippen molar-refractivity contribution in [1.82, 2.24) is 0 Å². The van der Waals surface area contributed by atoms with E-state index in [0.717, 1.165) is 25.0 Å². The van der Waals surface area contributed by atoms with Gasteiger partial charge in [0.25, 0.3) is 0 Å². The Morgan fingerprint density at radius 3 is 2.03 bits per heavy atom. The minimum Gasteiger partial charge on any atom is -0.294 e. The van der Waals surface area contributed by atoms with E-state index in [4.69, 9.17) is 23.2 Å². The van der Waals surface area contributed by atoms with Crippen LogP contribution in [-0.2, 0) is 5.75 Å². The summed E-state index contributed by atoms with van der Waals surface area (Å²) in [6.45, 7) is 0. The number of rotatable bonds is 8. The first-order valence-corrected chi connectivity index (χ1v) is 13.1. The number of thioether (sulfide) groups is 1. The van der Waals surface area contributed by atoms with Gasteiger partial charge >= 0.3 is 0 Å². The molecule has 2 nitrogen and oxygen atoms in total. The fourth-order valence-corrected chi connectivity index (χ4v) is 6.36. The lowest BCUT2D eigenvalue weighted by molar-refractivity contribution is 0.0793. The third-order valence-electron chi connectivity index (χ3n) is 6.32. The molecule has 0 bridgehead atoms. The van der Waals surface area contributed by atoms with Gasteiger partial charge in [0.05, 0.1) is 0 Å². The minimum atomic E-state index is -0.204. The average Bonchev–Trinajstić information content (AvgIpc) is 2.84. The number of hydrogen-bond acceptors (Lipinski definition) is 3. The predicted octanol–water partition coefficient (Wildman–Crippen LogP) is 8.17. The lowest BCUT2D eigenvalue weighted by Crippen LogP contribution is -2.38. The maximum Gasteiger partial charge on any atom is 0.167 e. The summed E-state index contributed by atoms with van der Waals surface area (Å²) in [7, 11) is 0. The second-order valence-corrected chi connectivity index (χ2v) is 10.7. The molecule has 1 aliphatic carbocycles. The summed E-state index contributed by atoms with van der Waals surface area (Å²) in [4.78, 5) is 26.8. The number of carbonyl (C=O) groups is 2. The standard InChI is InChI=1S/C28H26Cl2O2S/c29-23-13-9-20(10-14-23)25(31)17-22-7-4-8-26(33-18-19-5-2-1-3-6-19)27(22)28(32)21-11-15-24(30)16-12-21/h1-3,5-6,9-16,22,26-27H,4,7-8,17-18H2/t22-,26-,27-/m1/s1. The lowest BCUT2D eigenvalue weighted by atomic mass is 9.72. The summed E-state index contributed by atoms with van der Waals surface area (Å²) in [6.07, 6.45) is 3.25. The maximum atomic E-state index is 13.7. The van der Waals surface area contributed by atoms with Crippen LogP contribution >= 0.6 is 35.0 Å². The van der Waals surface area contributed by atoms with E-state index in [9.17, 15) is 9.59 Å². The second kappa shape index (κ2) is 11.4. The van der Waals surface area contributed by atoms with Crippen LogP contribution in [0, 0.1) is 11.8 Å². The number of ketones is 2. The molecule has 4 rings (SSSR count). The zero-order valence-corrected chi connectivity index (χ0v) is 20.6. The van der Waals surface area contributed by atoms with Crippen molar-refractivity contribution >= 4 is 46.5 Å². The SMILES string of the molecule is O=C(C[C@H]1CCC[C@@H](SCc2ccccc2)[C@@H]1C(=O)c1ccc(Cl)cc1)c1ccc(Cl)cc1. The topological polar surface area (TPSA) is 34.1 Å². The van der Waals surface area contributed by atoms with Crippen LogP contribution in [0.1, 0.15) is 52.0 Å². The van der Waals surface area contributed by atoms with Crippen LogP contribution in [0.4, 0.5) is 0 Å². The first-order valence-electron chi connectivity index (χ1n) is 11.3. The highest BCUT2D eigenvalue weighted by Gasteiger charge is 2.39. The fourth-order valence-electron chi connectivity index (χ4n) is 4.62. The number of carbonyl (C=O) groups excluding carboxylic acids is 2. The Kier molecular flexibility index (Phi) is 8.29. The summed E-state index contributed by atoms with van der Waals surface area (Å²) in [6, 6.07) is 24.5. The van der Waals surface area contributed by atoms with Gasteiger partial charge in [-0.25, -0.2) is 0 Å². The Balaban J connectivity index is 1.57. The van der Waals surface area contributed by atoms with Crippen molar-refractivity contribution in [2.24, 2.45) is 11.8 Å². The molecular weight excluding hydrogens is 471 g/mol. The van der Waals surface area contributed by atoms with Crippen LogP contribution < -0.4 is 0 Å². The molecule has 1 saturated carbocycles. The van der Waals surface area contributed by atoms with E-state index in [-0.39, 0.29) is 28.7 Å². The van der Waals surface area contributed by atoms with Crippen LogP contribution in [0.2, 0.25) is 10.0 Å². The van der Waals surface area contributed by atoms with E-state index in [0.29, 0.717) is 27.6 Å². The van der Waals surface area contributed by atoms with Crippen molar-refractivity contribution < 1.29 is 9.59 Å². The van der Waals surface area contributed by atoms with Crippen molar-refractivity contribution in [3.05, 3.63) is 106 Å². The number of Topliss-reactive ketones (excluding diaryl/α,β-unsaturated/α-hetero) is 2. The molecule has 0 unspecified atom stereocenters. The molecule has 0 spiro atoms. The highest BCUT2D eigenvalue weighted by atomic mass is 35.5. The van der Waals surface area contributed by atoms with Gasteiger partial charge in [-0.15, -0.1) is 0 Å². The second-order valence-electron chi connectivity index (χ2n) is 8.56. The summed E-state index contributed by atoms with van der Waals surface area (Å²) in [5, 5.41) is 1.39. The molecule has 0 N–H and O–H groups in total. The molecule has 3 aromatic carbocycles. The summed E-state index contributed by atoms with van der Waals surface area (Å²) in [5.74, 6) is 0.849. The van der Waals surface area contributed by atoms with Gasteiger partial charge in [-0.2, -0.15) is 11.8 Å². The van der Waals surface area contributed by atoms with Gasteiger partial charge in [-0.1, -0.05) is 60.0 Å². The predicted molar refractivity (Wildman–Crippen MR) is 139 cm³/mol. The van der Waals surface area contributed by atoms with Crippen molar-refractivity contribution in [2.75, 3.05) is 0 Å². The Bertz CT molecular complexity index is 1080. The van der Waals surface area contributed by atoms with E-state index >= 15 is 0 Å². The Morgan fingerprint density at radius 1 is 0.788 bits per heavy atom. The van der Waals surface area contributed by atoms with Gasteiger partial charge in [0.1, 0.15) is 0 Å². The van der Waals surface area contributed by atoms with Crippen molar-refractivity contribution in [3.8, 4) is 0 Å². The maximum absolute atomic E-state index is 13.7. The van der Waals surface area contributed by atoms with E-state index in [1.165, 1.54) is 5.56 Å². The number of halogens is 2. The number of hydrogen-bond donors (Lipinski definition) is 0. The summed E-state index contributed by atoms with van der Waals surface area (Å²) in [5.41, 5.74) is 2.57. The Hall–Kier alpha value is -2.07. The van der Waals surface area contributed by atoms with Gasteiger partial charge in [-0.3, -0.25) is 9.59 Å². The number of benzene rings is 3. The molecule has 0 heterocycles. The summed E-state index contributed by atoms with van der Waals surface area (Å²) < 4.78 is 0. The molecule has 3 atom stereocenters. The molecule has 0 aromatic heterocycles. The van der Waals surface area contributed by atoms with E-state index in [2.05, 4.69) is 12.1 Å². The largest absolute Gasteiger partial charge is 0.294 e. The fraction of sp³-hybridized carbons (Fsp3) is 0.286. The van der Waals surface area contributed by atoms with Crippen LogP contribution in [-0.4, -0.2) is 16.8 Å². The molecule has 170 valence electrons. The summed E-state index contributed by atoms with van der Waals surface area (Å²) >= 11 is 13.9. The molecule has 3 aromatic rings. The molecule has 0 radical (unpaired) electrons. The normalized spacial score (nSPS) is 20.4. The zero-order chi connectivity index (χ0) is 23.2. The molecule has 1 fully saturated rings. The van der Waals surface area contributed by atoms with Crippen molar-refractivity contribution in [2.45, 2.75) is 36.7 Å². The van der Waals surface area contributed by atoms with Crippen LogP contribution in [0.3, 0.4) is 0 Å². The van der Waals surface area contributed by atoms with Gasteiger partial charge in [0.15, 0.2) is 11.6 Å². The molecule has 33 heavy (non-hydrogen) atoms. The van der Waals surface area contributed by atoms with Crippen LogP contribution in [0.25, 0.3) is 0 Å². The van der Waals surface area contributed by atoms with Gasteiger partial charge in [-0.05, 0) is 72.9 Å². The molecule has 0 amide bonds. The average molecular weight is 497 g/mol. The quantitative estimate of drug-likeness (QED) is 0.295. The van der Waals surface area contributed by atoms with E-state index in [1.807, 2.05) is 30.0 Å². The molecule has 0 aliphatic heterocycles. The van der Waals surface area contributed by atoms with Crippen LogP contribution in [0.5, 0.6) is 0 Å². The highest BCUT2D eigenvalue weighted by Crippen LogP contribution is 2.42. The van der Waals surface area contributed by atoms with Crippen molar-refractivity contribution in [1.29, 1.82) is 0 Å². The minimum absolute atomic E-state index is 0.0124. The van der Waals surface area contributed by atoms with Gasteiger partial charge in [0.2, 0.25) is 0 Å².